The number of carbonyl (C=O) groups is 2. The number of carboxylic acid groups (broad SMARTS) is 1. The summed E-state index contributed by atoms with van der Waals surface area (Å²) in [4.78, 5) is 28.0. The Hall–Kier alpha value is -2.64. The second kappa shape index (κ2) is 9.34. The van der Waals surface area contributed by atoms with Crippen molar-refractivity contribution in [2.75, 3.05) is 0 Å². The zero-order valence-corrected chi connectivity index (χ0v) is 16.0. The van der Waals surface area contributed by atoms with Crippen molar-refractivity contribution in [2.24, 2.45) is 0 Å². The van der Waals surface area contributed by atoms with E-state index in [0.717, 1.165) is 11.1 Å². The van der Waals surface area contributed by atoms with Crippen LogP contribution in [0.5, 0.6) is 0 Å². The summed E-state index contributed by atoms with van der Waals surface area (Å²) in [5.74, 6) is -1.03. The second-order valence-corrected chi connectivity index (χ2v) is 8.00. The lowest BCUT2D eigenvalue weighted by Crippen LogP contribution is -2.27. The Morgan fingerprint density at radius 3 is 2.41 bits per heavy atom. The van der Waals surface area contributed by atoms with Gasteiger partial charge >= 0.3 is 5.97 Å². The van der Waals surface area contributed by atoms with Gasteiger partial charge in [0.15, 0.2) is 4.34 Å². The fourth-order valence-electron chi connectivity index (χ4n) is 2.46. The topological polar surface area (TPSA) is 79.3 Å². The molecule has 7 heteroatoms. The van der Waals surface area contributed by atoms with Gasteiger partial charge in [0.2, 0.25) is 5.91 Å². The highest BCUT2D eigenvalue weighted by atomic mass is 32.2. The zero-order valence-electron chi connectivity index (χ0n) is 14.4. The Balaban J connectivity index is 1.74. The molecule has 3 rings (SSSR count). The van der Waals surface area contributed by atoms with Crippen LogP contribution in [0.3, 0.4) is 0 Å². The molecule has 0 saturated carbocycles. The van der Waals surface area contributed by atoms with E-state index in [4.69, 9.17) is 5.11 Å². The van der Waals surface area contributed by atoms with Gasteiger partial charge in [-0.05, 0) is 11.1 Å². The van der Waals surface area contributed by atoms with E-state index in [1.165, 1.54) is 23.1 Å². The summed E-state index contributed by atoms with van der Waals surface area (Å²) in [6.07, 6.45) is -0.118. The van der Waals surface area contributed by atoms with Gasteiger partial charge in [-0.1, -0.05) is 72.4 Å². The normalized spacial score (nSPS) is 11.7. The third-order valence-corrected chi connectivity index (χ3v) is 6.01. The Morgan fingerprint density at radius 1 is 1.07 bits per heavy atom. The third-order valence-electron chi connectivity index (χ3n) is 3.73. The van der Waals surface area contributed by atoms with E-state index in [2.05, 4.69) is 10.3 Å². The zero-order chi connectivity index (χ0) is 19.1. The lowest BCUT2D eigenvalue weighted by Gasteiger charge is -2.16. The molecule has 1 amide bonds. The van der Waals surface area contributed by atoms with E-state index in [9.17, 15) is 9.59 Å². The van der Waals surface area contributed by atoms with Gasteiger partial charge in [0.25, 0.3) is 0 Å². The SMILES string of the molecule is O=C(O)Cc1csc(S[C@@H](C(=O)NCc2ccccc2)c2ccccc2)n1. The molecule has 0 aliphatic heterocycles. The van der Waals surface area contributed by atoms with Gasteiger partial charge in [-0.3, -0.25) is 9.59 Å². The van der Waals surface area contributed by atoms with E-state index in [1.54, 1.807) is 5.38 Å². The van der Waals surface area contributed by atoms with E-state index < -0.39 is 11.2 Å². The number of carboxylic acids is 1. The number of benzene rings is 2. The fourth-order valence-corrected chi connectivity index (χ4v) is 4.51. The number of nitrogens with one attached hydrogen (secondary N) is 1. The van der Waals surface area contributed by atoms with Crippen molar-refractivity contribution < 1.29 is 14.7 Å². The van der Waals surface area contributed by atoms with Crippen LogP contribution >= 0.6 is 23.1 Å². The van der Waals surface area contributed by atoms with Crippen LogP contribution in [0.2, 0.25) is 0 Å². The number of rotatable bonds is 8. The van der Waals surface area contributed by atoms with Crippen molar-refractivity contribution in [3.63, 3.8) is 0 Å². The summed E-state index contributed by atoms with van der Waals surface area (Å²) in [6, 6.07) is 19.2. The average molecular weight is 399 g/mol. The lowest BCUT2D eigenvalue weighted by molar-refractivity contribution is -0.136. The molecule has 1 atom stereocenters. The minimum atomic E-state index is -0.919. The Kier molecular flexibility index (Phi) is 6.62. The molecule has 27 heavy (non-hydrogen) atoms. The standard InChI is InChI=1S/C20H18N2O3S2/c23-17(24)11-16-13-26-20(22-16)27-18(15-9-5-2-6-10-15)19(25)21-12-14-7-3-1-4-8-14/h1-10,13,18H,11-12H2,(H,21,25)(H,23,24)/t18-/m1/s1. The third kappa shape index (κ3) is 5.67. The molecule has 138 valence electrons. The van der Waals surface area contributed by atoms with Crippen LogP contribution in [-0.4, -0.2) is 22.0 Å². The fraction of sp³-hybridized carbons (Fsp3) is 0.150. The van der Waals surface area contributed by atoms with Crippen LogP contribution in [0.4, 0.5) is 0 Å². The number of carbonyl (C=O) groups excluding carboxylic acids is 1. The summed E-state index contributed by atoms with van der Waals surface area (Å²) in [5, 5.41) is 13.1. The molecule has 0 radical (unpaired) electrons. The Morgan fingerprint density at radius 2 is 1.74 bits per heavy atom. The quantitative estimate of drug-likeness (QED) is 0.562. The van der Waals surface area contributed by atoms with Crippen LogP contribution in [0.25, 0.3) is 0 Å². The molecule has 0 saturated heterocycles. The van der Waals surface area contributed by atoms with Gasteiger partial charge < -0.3 is 10.4 Å². The first-order valence-electron chi connectivity index (χ1n) is 8.31. The summed E-state index contributed by atoms with van der Waals surface area (Å²) in [6.45, 7) is 0.450. The first-order chi connectivity index (χ1) is 13.1. The minimum Gasteiger partial charge on any atom is -0.481 e. The Bertz CT molecular complexity index is 898. The van der Waals surface area contributed by atoms with Gasteiger partial charge in [-0.25, -0.2) is 4.98 Å². The molecule has 3 aromatic rings. The maximum atomic E-state index is 12.9. The number of amides is 1. The monoisotopic (exact) mass is 398 g/mol. The maximum Gasteiger partial charge on any atom is 0.309 e. The highest BCUT2D eigenvalue weighted by molar-refractivity contribution is 8.01. The van der Waals surface area contributed by atoms with Crippen molar-refractivity contribution >= 4 is 35.0 Å². The highest BCUT2D eigenvalue weighted by Gasteiger charge is 2.23. The van der Waals surface area contributed by atoms with Gasteiger partial charge in [0, 0.05) is 11.9 Å². The number of hydrogen-bond donors (Lipinski definition) is 2. The number of nitrogens with zero attached hydrogens (tertiary/aromatic N) is 1. The van der Waals surface area contributed by atoms with Crippen LogP contribution in [0.15, 0.2) is 70.4 Å². The number of hydrogen-bond acceptors (Lipinski definition) is 5. The molecular weight excluding hydrogens is 380 g/mol. The largest absolute Gasteiger partial charge is 0.481 e. The van der Waals surface area contributed by atoms with Crippen molar-refractivity contribution in [2.45, 2.75) is 22.6 Å². The van der Waals surface area contributed by atoms with Gasteiger partial charge in [0.05, 0.1) is 12.1 Å². The summed E-state index contributed by atoms with van der Waals surface area (Å²) in [7, 11) is 0. The number of aromatic nitrogens is 1. The number of aliphatic carboxylic acids is 1. The molecule has 1 aromatic heterocycles. The predicted molar refractivity (Wildman–Crippen MR) is 107 cm³/mol. The van der Waals surface area contributed by atoms with Crippen LogP contribution in [-0.2, 0) is 22.6 Å². The molecule has 0 aliphatic carbocycles. The van der Waals surface area contributed by atoms with Crippen molar-refractivity contribution in [3.8, 4) is 0 Å². The van der Waals surface area contributed by atoms with Crippen LogP contribution < -0.4 is 5.32 Å². The van der Waals surface area contributed by atoms with E-state index in [0.29, 0.717) is 16.6 Å². The van der Waals surface area contributed by atoms with Crippen LogP contribution in [0.1, 0.15) is 22.1 Å². The molecule has 2 aromatic carbocycles. The van der Waals surface area contributed by atoms with Crippen molar-refractivity contribution in [1.82, 2.24) is 10.3 Å². The average Bonchev–Trinajstić information content (AvgIpc) is 3.12. The molecule has 0 aliphatic rings. The highest BCUT2D eigenvalue weighted by Crippen LogP contribution is 2.37. The van der Waals surface area contributed by atoms with Crippen LogP contribution in [0, 0.1) is 0 Å². The van der Waals surface area contributed by atoms with E-state index in [-0.39, 0.29) is 12.3 Å². The van der Waals surface area contributed by atoms with Crippen molar-refractivity contribution in [3.05, 3.63) is 82.9 Å². The second-order valence-electron chi connectivity index (χ2n) is 5.79. The van der Waals surface area contributed by atoms with Gasteiger partial charge in [-0.2, -0.15) is 0 Å². The lowest BCUT2D eigenvalue weighted by atomic mass is 10.1. The minimum absolute atomic E-state index is 0.106. The maximum absolute atomic E-state index is 12.9. The number of thioether (sulfide) groups is 1. The van der Waals surface area contributed by atoms with Gasteiger partial charge in [0.1, 0.15) is 5.25 Å². The van der Waals surface area contributed by atoms with E-state index >= 15 is 0 Å². The molecule has 0 unspecified atom stereocenters. The summed E-state index contributed by atoms with van der Waals surface area (Å²) in [5.41, 5.74) is 2.41. The molecule has 2 N–H and O–H groups in total. The Labute approximate surface area is 165 Å². The first kappa shape index (κ1) is 19.1. The first-order valence-corrected chi connectivity index (χ1v) is 10.1. The summed E-state index contributed by atoms with van der Waals surface area (Å²) < 4.78 is 0.676. The molecule has 0 bridgehead atoms. The predicted octanol–water partition coefficient (Wildman–Crippen LogP) is 3.92. The van der Waals surface area contributed by atoms with E-state index in [1.807, 2.05) is 60.7 Å². The molecule has 0 fully saturated rings. The molecule has 1 heterocycles. The molecule has 5 nitrogen and oxygen atoms in total. The smallest absolute Gasteiger partial charge is 0.309 e. The summed E-state index contributed by atoms with van der Waals surface area (Å²) >= 11 is 2.69. The molecule has 0 spiro atoms. The van der Waals surface area contributed by atoms with Crippen molar-refractivity contribution in [1.29, 1.82) is 0 Å². The van der Waals surface area contributed by atoms with Gasteiger partial charge in [-0.15, -0.1) is 11.3 Å². The number of thiazole rings is 1. The molecular formula is C20H18N2O3S2.